The molecule has 3 aliphatic rings. The summed E-state index contributed by atoms with van der Waals surface area (Å²) in [5, 5.41) is 0.772. The highest BCUT2D eigenvalue weighted by atomic mass is 35.5. The monoisotopic (exact) mass is 337 g/mol. The number of rotatable bonds is 2. The normalized spacial score (nSPS) is 23.4. The van der Waals surface area contributed by atoms with Crippen molar-refractivity contribution in [3.05, 3.63) is 64.9 Å². The van der Waals surface area contributed by atoms with Crippen LogP contribution in [0, 0.1) is 0 Å². The van der Waals surface area contributed by atoms with Crippen LogP contribution in [0.5, 0.6) is 0 Å². The van der Waals surface area contributed by atoms with Crippen LogP contribution in [0.15, 0.2) is 48.5 Å². The minimum absolute atomic E-state index is 0.522. The molecule has 2 atom stereocenters. The summed E-state index contributed by atoms with van der Waals surface area (Å²) in [6.45, 7) is 3.23. The first kappa shape index (κ1) is 14.5. The van der Waals surface area contributed by atoms with E-state index >= 15 is 0 Å². The fraction of sp³-hybridized carbons (Fsp3) is 0.350. The van der Waals surface area contributed by atoms with Crippen molar-refractivity contribution in [3.8, 4) is 0 Å². The molecule has 2 aromatic carbocycles. The van der Waals surface area contributed by atoms with Gasteiger partial charge in [-0.05, 0) is 36.6 Å². The molecule has 4 heterocycles. The van der Waals surface area contributed by atoms with Crippen molar-refractivity contribution in [2.24, 2.45) is 0 Å². The molecule has 122 valence electrons. The van der Waals surface area contributed by atoms with E-state index in [0.717, 1.165) is 30.2 Å². The van der Waals surface area contributed by atoms with E-state index in [4.69, 9.17) is 16.6 Å². The predicted molar refractivity (Wildman–Crippen MR) is 97.5 cm³/mol. The van der Waals surface area contributed by atoms with Gasteiger partial charge in [0.2, 0.25) is 0 Å². The van der Waals surface area contributed by atoms with Gasteiger partial charge in [-0.2, -0.15) is 0 Å². The Kier molecular flexibility index (Phi) is 3.39. The van der Waals surface area contributed by atoms with E-state index in [1.807, 2.05) is 12.1 Å². The Balaban J connectivity index is 1.51. The highest BCUT2D eigenvalue weighted by molar-refractivity contribution is 6.31. The molecule has 6 rings (SSSR count). The Bertz CT molecular complexity index is 887. The Morgan fingerprint density at radius 1 is 1.04 bits per heavy atom. The molecule has 24 heavy (non-hydrogen) atoms. The summed E-state index contributed by atoms with van der Waals surface area (Å²) >= 11 is 6.16. The third-order valence-corrected chi connectivity index (χ3v) is 5.69. The molecule has 0 N–H and O–H groups in total. The van der Waals surface area contributed by atoms with Crippen LogP contribution in [0.1, 0.15) is 36.2 Å². The molecular formula is C20H20ClN3. The van der Waals surface area contributed by atoms with E-state index in [9.17, 15) is 0 Å². The van der Waals surface area contributed by atoms with Crippen LogP contribution in [0.3, 0.4) is 0 Å². The van der Waals surface area contributed by atoms with Crippen LogP contribution >= 0.6 is 11.6 Å². The molecule has 0 aliphatic carbocycles. The zero-order chi connectivity index (χ0) is 16.1. The van der Waals surface area contributed by atoms with E-state index in [2.05, 4.69) is 45.9 Å². The lowest BCUT2D eigenvalue weighted by Crippen LogP contribution is -2.27. The first-order valence-electron chi connectivity index (χ1n) is 8.71. The maximum atomic E-state index is 6.16. The van der Waals surface area contributed by atoms with Crippen molar-refractivity contribution in [1.82, 2.24) is 14.5 Å². The number of fused-ring (bicyclic) bond motifs is 4. The molecule has 0 unspecified atom stereocenters. The second kappa shape index (κ2) is 5.61. The maximum absolute atomic E-state index is 6.16. The molecular weight excluding hydrogens is 318 g/mol. The second-order valence-corrected chi connectivity index (χ2v) is 7.52. The predicted octanol–water partition coefficient (Wildman–Crippen LogP) is 4.62. The molecule has 4 heteroatoms. The number of imidazole rings is 1. The summed E-state index contributed by atoms with van der Waals surface area (Å²) in [4.78, 5) is 7.56. The van der Waals surface area contributed by atoms with E-state index in [-0.39, 0.29) is 0 Å². The SMILES string of the molecule is Clc1ccc2c(c1)nc1n2[C@@H]2CC[C@H]1CN(Cc1ccccc1)C2. The zero-order valence-electron chi connectivity index (χ0n) is 13.5. The molecule has 1 aromatic heterocycles. The van der Waals surface area contributed by atoms with E-state index in [1.54, 1.807) is 0 Å². The number of halogens is 1. The Labute approximate surface area is 146 Å². The van der Waals surface area contributed by atoms with Gasteiger partial charge in [0.1, 0.15) is 5.82 Å². The number of nitrogens with zero attached hydrogens (tertiary/aromatic N) is 3. The average Bonchev–Trinajstić information content (AvgIpc) is 2.77. The third kappa shape index (κ3) is 2.35. The lowest BCUT2D eigenvalue weighted by atomic mass is 9.96. The van der Waals surface area contributed by atoms with Crippen LogP contribution in [-0.4, -0.2) is 27.5 Å². The number of benzene rings is 2. The van der Waals surface area contributed by atoms with Crippen molar-refractivity contribution in [1.29, 1.82) is 0 Å². The van der Waals surface area contributed by atoms with Crippen molar-refractivity contribution >= 4 is 22.6 Å². The lowest BCUT2D eigenvalue weighted by Gasteiger charge is -2.26. The molecule has 0 spiro atoms. The van der Waals surface area contributed by atoms with Gasteiger partial charge in [0.05, 0.1) is 11.0 Å². The smallest absolute Gasteiger partial charge is 0.114 e. The highest BCUT2D eigenvalue weighted by Gasteiger charge is 2.36. The van der Waals surface area contributed by atoms with Gasteiger partial charge in [-0.15, -0.1) is 0 Å². The zero-order valence-corrected chi connectivity index (χ0v) is 14.3. The van der Waals surface area contributed by atoms with Gasteiger partial charge in [-0.3, -0.25) is 4.90 Å². The van der Waals surface area contributed by atoms with Crippen LogP contribution in [0.25, 0.3) is 11.0 Å². The topological polar surface area (TPSA) is 21.1 Å². The van der Waals surface area contributed by atoms with Crippen LogP contribution in [0.4, 0.5) is 0 Å². The molecule has 0 radical (unpaired) electrons. The molecule has 0 saturated carbocycles. The first-order chi connectivity index (χ1) is 11.8. The standard InChI is InChI=1S/C20H20ClN3/c21-16-7-9-19-18(10-16)22-20-15-6-8-17(24(19)20)13-23(12-15)11-14-4-2-1-3-5-14/h1-5,7,9-10,15,17H,6,8,11-13H2/t15-,17+/m0/s1. The second-order valence-electron chi connectivity index (χ2n) is 7.08. The largest absolute Gasteiger partial charge is 0.323 e. The molecule has 3 nitrogen and oxygen atoms in total. The van der Waals surface area contributed by atoms with Crippen molar-refractivity contribution in [2.45, 2.75) is 31.3 Å². The van der Waals surface area contributed by atoms with Crippen molar-refractivity contribution in [2.75, 3.05) is 13.1 Å². The Morgan fingerprint density at radius 3 is 2.79 bits per heavy atom. The summed E-state index contributed by atoms with van der Waals surface area (Å²) in [7, 11) is 0. The highest BCUT2D eigenvalue weighted by Crippen LogP contribution is 2.41. The molecule has 1 saturated heterocycles. The van der Waals surface area contributed by atoms with Crippen molar-refractivity contribution < 1.29 is 0 Å². The fourth-order valence-electron chi connectivity index (χ4n) is 4.41. The van der Waals surface area contributed by atoms with Crippen LogP contribution in [0.2, 0.25) is 5.02 Å². The lowest BCUT2D eigenvalue weighted by molar-refractivity contribution is 0.252. The third-order valence-electron chi connectivity index (χ3n) is 5.45. The molecule has 3 aliphatic heterocycles. The van der Waals surface area contributed by atoms with Gasteiger partial charge in [0.25, 0.3) is 0 Å². The van der Waals surface area contributed by atoms with E-state index in [1.165, 1.54) is 29.7 Å². The number of hydrogen-bond donors (Lipinski definition) is 0. The van der Waals surface area contributed by atoms with Crippen LogP contribution < -0.4 is 0 Å². The minimum Gasteiger partial charge on any atom is -0.323 e. The first-order valence-corrected chi connectivity index (χ1v) is 9.09. The van der Waals surface area contributed by atoms with Gasteiger partial charge in [-0.25, -0.2) is 4.98 Å². The summed E-state index contributed by atoms with van der Waals surface area (Å²) in [5.41, 5.74) is 3.68. The van der Waals surface area contributed by atoms with Gasteiger partial charge in [-0.1, -0.05) is 41.9 Å². The van der Waals surface area contributed by atoms with E-state index < -0.39 is 0 Å². The summed E-state index contributed by atoms with van der Waals surface area (Å²) in [5.74, 6) is 1.79. The summed E-state index contributed by atoms with van der Waals surface area (Å²) in [6.07, 6.45) is 2.49. The van der Waals surface area contributed by atoms with Crippen LogP contribution in [-0.2, 0) is 6.54 Å². The minimum atomic E-state index is 0.522. The molecule has 2 bridgehead atoms. The Hall–Kier alpha value is -1.84. The van der Waals surface area contributed by atoms with E-state index in [0.29, 0.717) is 12.0 Å². The Morgan fingerprint density at radius 2 is 1.92 bits per heavy atom. The maximum Gasteiger partial charge on any atom is 0.114 e. The van der Waals surface area contributed by atoms with Gasteiger partial charge in [0.15, 0.2) is 0 Å². The summed E-state index contributed by atoms with van der Waals surface area (Å²) in [6, 6.07) is 17.4. The fourth-order valence-corrected chi connectivity index (χ4v) is 4.58. The van der Waals surface area contributed by atoms with Gasteiger partial charge in [0, 0.05) is 36.6 Å². The molecule has 0 amide bonds. The molecule has 3 aromatic rings. The molecule has 1 fully saturated rings. The quantitative estimate of drug-likeness (QED) is 0.680. The average molecular weight is 338 g/mol. The van der Waals surface area contributed by atoms with Gasteiger partial charge >= 0.3 is 0 Å². The number of hydrogen-bond acceptors (Lipinski definition) is 2. The summed E-state index contributed by atoms with van der Waals surface area (Å²) < 4.78 is 2.49. The number of aromatic nitrogens is 2. The van der Waals surface area contributed by atoms with Crippen molar-refractivity contribution in [3.63, 3.8) is 0 Å². The van der Waals surface area contributed by atoms with Gasteiger partial charge < -0.3 is 4.57 Å².